The second-order valence-corrected chi connectivity index (χ2v) is 17.0. The van der Waals surface area contributed by atoms with Crippen molar-refractivity contribution < 1.29 is 4.42 Å². The van der Waals surface area contributed by atoms with Gasteiger partial charge in [0, 0.05) is 16.2 Å². The predicted octanol–water partition coefficient (Wildman–Crippen LogP) is 1.09. The summed E-state index contributed by atoms with van der Waals surface area (Å²) in [5.41, 5.74) is 22.1. The Bertz CT molecular complexity index is 3380. The average molecular weight is 693 g/mol. The summed E-state index contributed by atoms with van der Waals surface area (Å²) in [5.74, 6) is 0. The van der Waals surface area contributed by atoms with E-state index in [1.54, 1.807) is 0 Å². The molecule has 0 bridgehead atoms. The molecule has 1 aliphatic carbocycles. The Morgan fingerprint density at radius 2 is 0.964 bits per heavy atom. The summed E-state index contributed by atoms with van der Waals surface area (Å²) >= 11 is 0. The summed E-state index contributed by atoms with van der Waals surface area (Å²) in [6, 6.07) is 38.9. The summed E-state index contributed by atoms with van der Waals surface area (Å²) in [5, 5.41) is 13.1. The van der Waals surface area contributed by atoms with Crippen molar-refractivity contribution in [3.05, 3.63) is 114 Å². The second-order valence-electron chi connectivity index (χ2n) is 17.0. The molecule has 0 unspecified atom stereocenters. The minimum absolute atomic E-state index is 0.0844. The number of fused-ring (bicyclic) bond motifs is 7. The lowest BCUT2D eigenvalue weighted by molar-refractivity contribution is 0.658. The highest BCUT2D eigenvalue weighted by Crippen LogP contribution is 2.52. The quantitative estimate of drug-likeness (QED) is 0.196. The predicted molar refractivity (Wildman–Crippen MR) is 261 cm³/mol. The molecule has 0 fully saturated rings. The smallest absolute Gasteiger partial charge is 0.140 e. The number of hydrogen-bond donors (Lipinski definition) is 0. The maximum atomic E-state index is 6.70. The molecule has 0 atom stereocenters. The minimum Gasteiger partial charge on any atom is -0.456 e. The van der Waals surface area contributed by atoms with Gasteiger partial charge in [0.25, 0.3) is 0 Å². The Balaban J connectivity index is 1.18. The third-order valence-electron chi connectivity index (χ3n) is 14.2. The van der Waals surface area contributed by atoms with Crippen LogP contribution in [0.25, 0.3) is 98.4 Å². The molecule has 10 aromatic rings. The fourth-order valence-corrected chi connectivity index (χ4v) is 10.9. The van der Waals surface area contributed by atoms with Crippen LogP contribution in [0.5, 0.6) is 0 Å². The molecule has 0 saturated carbocycles. The number of benzene rings is 9. The first-order valence-electron chi connectivity index (χ1n) is 19.8. The molecule has 9 aromatic carbocycles. The lowest BCUT2D eigenvalue weighted by Gasteiger charge is -2.25. The Hall–Kier alpha value is -5.47. The van der Waals surface area contributed by atoms with Gasteiger partial charge in [0.15, 0.2) is 0 Å². The zero-order valence-corrected chi connectivity index (χ0v) is 33.2. The molecule has 0 radical (unpaired) electrons. The Morgan fingerprint density at radius 3 is 1.67 bits per heavy atom. The maximum Gasteiger partial charge on any atom is 0.140 e. The van der Waals surface area contributed by atoms with E-state index in [0.29, 0.717) is 0 Å². The van der Waals surface area contributed by atoms with E-state index in [9.17, 15) is 0 Å². The first-order chi connectivity index (χ1) is 26.5. The number of rotatable bonds is 2. The summed E-state index contributed by atoms with van der Waals surface area (Å²) in [6.45, 7) is 4.71. The van der Waals surface area contributed by atoms with Gasteiger partial charge in [-0.1, -0.05) is 126 Å². The first-order valence-corrected chi connectivity index (χ1v) is 19.8. The Morgan fingerprint density at radius 1 is 0.382 bits per heavy atom. The topological polar surface area (TPSA) is 13.1 Å². The van der Waals surface area contributed by atoms with Gasteiger partial charge in [-0.05, 0) is 106 Å². The second kappa shape index (κ2) is 11.1. The molecule has 252 valence electrons. The fourth-order valence-electron chi connectivity index (χ4n) is 10.9. The van der Waals surface area contributed by atoms with E-state index < -0.39 is 0 Å². The zero-order valence-electron chi connectivity index (χ0n) is 33.2. The largest absolute Gasteiger partial charge is 0.456 e. The molecule has 1 aliphatic rings. The molecule has 11 rings (SSSR count). The Labute approximate surface area is 328 Å². The Kier molecular flexibility index (Phi) is 6.63. The van der Waals surface area contributed by atoms with Gasteiger partial charge in [-0.3, -0.25) is 0 Å². The summed E-state index contributed by atoms with van der Waals surface area (Å²) < 4.78 is 6.70. The summed E-state index contributed by atoms with van der Waals surface area (Å²) in [7, 11) is 16.2. The van der Waals surface area contributed by atoms with Crippen LogP contribution in [-0.2, 0) is 5.41 Å². The van der Waals surface area contributed by atoms with E-state index in [4.69, 9.17) is 4.42 Å². The van der Waals surface area contributed by atoms with Crippen molar-refractivity contribution in [2.24, 2.45) is 0 Å². The van der Waals surface area contributed by atoms with Crippen LogP contribution in [0.2, 0.25) is 0 Å². The van der Waals surface area contributed by atoms with Crippen LogP contribution < -0.4 is 38.2 Å². The van der Waals surface area contributed by atoms with Crippen LogP contribution in [-0.4, -0.2) is 54.9 Å². The van der Waals surface area contributed by atoms with Crippen LogP contribution in [0.3, 0.4) is 0 Å². The molecule has 0 amide bonds. The fraction of sp³-hybridized carbons (Fsp3) is 0.0638. The lowest BCUT2D eigenvalue weighted by Crippen LogP contribution is -2.52. The molecule has 55 heavy (non-hydrogen) atoms. The SMILES string of the molecule is Bc1c(B)c(B)c2c(B)c(-c3ccc4ccc5c(-c6cccc7oc8cc9c(cc8c67)C(C)(C)c6ccccc6-9)ccc6ccc3c4c65)c(B)c(B)c2c1B. The number of hydrogen-bond acceptors (Lipinski definition) is 1. The molecular formula is C47H37B7O. The van der Waals surface area contributed by atoms with Gasteiger partial charge in [-0.2, -0.15) is 0 Å². The molecular weight excluding hydrogens is 656 g/mol. The van der Waals surface area contributed by atoms with Gasteiger partial charge in [0.1, 0.15) is 66.1 Å². The zero-order chi connectivity index (χ0) is 37.8. The lowest BCUT2D eigenvalue weighted by atomic mass is 9.58. The van der Waals surface area contributed by atoms with Crippen molar-refractivity contribution in [1.29, 1.82) is 0 Å². The summed E-state index contributed by atoms with van der Waals surface area (Å²) in [4.78, 5) is 0. The summed E-state index contributed by atoms with van der Waals surface area (Å²) in [6.07, 6.45) is 0. The van der Waals surface area contributed by atoms with Crippen molar-refractivity contribution >= 4 is 158 Å². The van der Waals surface area contributed by atoms with E-state index in [2.05, 4.69) is 172 Å². The van der Waals surface area contributed by atoms with Crippen LogP contribution in [0, 0.1) is 0 Å². The van der Waals surface area contributed by atoms with Crippen molar-refractivity contribution in [3.63, 3.8) is 0 Å². The molecule has 1 aromatic heterocycles. The third kappa shape index (κ3) is 4.13. The van der Waals surface area contributed by atoms with Gasteiger partial charge in [-0.15, -0.1) is 10.9 Å². The highest BCUT2D eigenvalue weighted by atomic mass is 16.3. The van der Waals surface area contributed by atoms with Crippen molar-refractivity contribution in [2.45, 2.75) is 19.3 Å². The van der Waals surface area contributed by atoms with Gasteiger partial charge in [0.05, 0.1) is 0 Å². The van der Waals surface area contributed by atoms with Crippen LogP contribution in [0.1, 0.15) is 25.0 Å². The van der Waals surface area contributed by atoms with Crippen LogP contribution >= 0.6 is 0 Å². The van der Waals surface area contributed by atoms with Gasteiger partial charge in [0.2, 0.25) is 0 Å². The standard InChI is InChI=1S/C47H37B7O/c1-47(2)30-8-4-3-6-23(30)28-19-33-29(18-31(28)47)36-24(7-5-9-32(36)55-33)22-14-10-20-12-16-26-27(17-13-21-11-15-25(22)34(20)35(21)26)37-40(48)38-39(42(50)41(37)49)44(52)46(54)45(53)43(38)51/h3-19H,48-54H2,1-2H3. The highest BCUT2D eigenvalue weighted by Gasteiger charge is 2.36. The molecule has 0 N–H and O–H groups in total. The maximum absolute atomic E-state index is 6.70. The van der Waals surface area contributed by atoms with Crippen molar-refractivity contribution in [3.8, 4) is 33.4 Å². The average Bonchev–Trinajstić information content (AvgIpc) is 3.67. The van der Waals surface area contributed by atoms with Gasteiger partial charge >= 0.3 is 0 Å². The van der Waals surface area contributed by atoms with E-state index >= 15 is 0 Å². The normalized spacial score (nSPS) is 13.6. The highest BCUT2D eigenvalue weighted by molar-refractivity contribution is 6.72. The molecule has 1 nitrogen and oxygen atoms in total. The molecule has 0 aliphatic heterocycles. The monoisotopic (exact) mass is 694 g/mol. The molecule has 0 saturated heterocycles. The van der Waals surface area contributed by atoms with Crippen molar-refractivity contribution in [2.75, 3.05) is 0 Å². The van der Waals surface area contributed by atoms with E-state index in [0.717, 1.165) is 11.2 Å². The van der Waals surface area contributed by atoms with Crippen LogP contribution in [0.4, 0.5) is 0 Å². The molecule has 0 spiro atoms. The molecule has 1 heterocycles. The van der Waals surface area contributed by atoms with E-state index in [1.807, 2.05) is 0 Å². The van der Waals surface area contributed by atoms with Crippen LogP contribution in [0.15, 0.2) is 108 Å². The van der Waals surface area contributed by atoms with Gasteiger partial charge in [-0.25, -0.2) is 0 Å². The van der Waals surface area contributed by atoms with E-state index in [-0.39, 0.29) is 5.41 Å². The first kappa shape index (κ1) is 32.9. The minimum atomic E-state index is -0.0844. The molecule has 8 heteroatoms. The van der Waals surface area contributed by atoms with E-state index in [1.165, 1.54) is 137 Å². The number of furan rings is 1. The third-order valence-corrected chi connectivity index (χ3v) is 14.2. The van der Waals surface area contributed by atoms with Gasteiger partial charge < -0.3 is 4.42 Å². The van der Waals surface area contributed by atoms with Crippen molar-refractivity contribution in [1.82, 2.24) is 0 Å².